The van der Waals surface area contributed by atoms with E-state index in [1.165, 1.54) is 36.4 Å². The van der Waals surface area contributed by atoms with Crippen molar-refractivity contribution in [3.63, 3.8) is 0 Å². The van der Waals surface area contributed by atoms with Gasteiger partial charge in [-0.05, 0) is 24.3 Å². The van der Waals surface area contributed by atoms with Crippen LogP contribution in [0, 0.1) is 5.92 Å². The Balaban J connectivity index is 1.66. The number of imide groups is 2. The number of hydrogen-bond acceptors (Lipinski definition) is 6. The van der Waals surface area contributed by atoms with Crippen LogP contribution < -0.4 is 26.4 Å². The van der Waals surface area contributed by atoms with Gasteiger partial charge >= 0.3 is 12.1 Å². The lowest BCUT2D eigenvalue weighted by Crippen LogP contribution is -2.63. The number of rotatable bonds is 3. The summed E-state index contributed by atoms with van der Waals surface area (Å²) in [6, 6.07) is 11.5. The zero-order valence-electron chi connectivity index (χ0n) is 14.7. The zero-order chi connectivity index (χ0) is 21.0. The number of carbonyl (C=O) groups is 5. The summed E-state index contributed by atoms with van der Waals surface area (Å²) in [5.41, 5.74) is 4.36. The molecule has 1 saturated heterocycles. The number of para-hydroxylation sites is 1. The normalized spacial score (nSPS) is 16.1. The SMILES string of the molecule is O=C(NNC(=O)C1C(=O)NC(=O)N(c2ccccc2)C1=O)Nc1cccc(O)c1. The van der Waals surface area contributed by atoms with E-state index in [4.69, 9.17) is 0 Å². The lowest BCUT2D eigenvalue weighted by molar-refractivity contribution is -0.142. The largest absolute Gasteiger partial charge is 0.508 e. The Labute approximate surface area is 163 Å². The highest BCUT2D eigenvalue weighted by Gasteiger charge is 2.45. The second-order valence-electron chi connectivity index (χ2n) is 5.86. The Morgan fingerprint density at radius 2 is 1.69 bits per heavy atom. The van der Waals surface area contributed by atoms with Gasteiger partial charge in [-0.25, -0.2) is 19.9 Å². The number of nitrogens with zero attached hydrogens (tertiary/aromatic N) is 1. The van der Waals surface area contributed by atoms with E-state index in [0.29, 0.717) is 4.90 Å². The number of hydrogen-bond donors (Lipinski definition) is 5. The maximum absolute atomic E-state index is 12.6. The summed E-state index contributed by atoms with van der Waals surface area (Å²) in [5.74, 6) is -5.26. The van der Waals surface area contributed by atoms with Gasteiger partial charge in [0.2, 0.25) is 5.91 Å². The highest BCUT2D eigenvalue weighted by molar-refractivity contribution is 6.34. The number of aromatic hydroxyl groups is 1. The van der Waals surface area contributed by atoms with Gasteiger partial charge in [0.1, 0.15) is 5.75 Å². The summed E-state index contributed by atoms with van der Waals surface area (Å²) < 4.78 is 0. The van der Waals surface area contributed by atoms with Crippen molar-refractivity contribution >= 4 is 41.2 Å². The molecule has 0 spiro atoms. The molecule has 7 amide bonds. The predicted molar refractivity (Wildman–Crippen MR) is 99.4 cm³/mol. The summed E-state index contributed by atoms with van der Waals surface area (Å²) >= 11 is 0. The number of anilines is 2. The third-order valence-corrected chi connectivity index (χ3v) is 3.84. The molecule has 2 aromatic carbocycles. The van der Waals surface area contributed by atoms with Crippen LogP contribution in [0.25, 0.3) is 0 Å². The number of benzene rings is 2. The smallest absolute Gasteiger partial charge is 0.337 e. The minimum Gasteiger partial charge on any atom is -0.508 e. The van der Waals surface area contributed by atoms with Gasteiger partial charge in [0.25, 0.3) is 11.8 Å². The van der Waals surface area contributed by atoms with E-state index in [-0.39, 0.29) is 17.1 Å². The average Bonchev–Trinajstić information content (AvgIpc) is 2.67. The number of phenolic OH excluding ortho intramolecular Hbond substituents is 1. The topological polar surface area (TPSA) is 157 Å². The van der Waals surface area contributed by atoms with Gasteiger partial charge in [-0.2, -0.15) is 0 Å². The minimum absolute atomic E-state index is 0.0815. The third-order valence-electron chi connectivity index (χ3n) is 3.84. The Bertz CT molecular complexity index is 993. The summed E-state index contributed by atoms with van der Waals surface area (Å²) in [4.78, 5) is 61.4. The van der Waals surface area contributed by atoms with Gasteiger partial charge in [0.05, 0.1) is 5.69 Å². The molecule has 29 heavy (non-hydrogen) atoms. The molecule has 1 aliphatic heterocycles. The average molecular weight is 397 g/mol. The summed E-state index contributed by atoms with van der Waals surface area (Å²) in [6.45, 7) is 0. The van der Waals surface area contributed by atoms with Crippen LogP contribution in [-0.4, -0.2) is 34.9 Å². The molecular formula is C18H15N5O6. The van der Waals surface area contributed by atoms with E-state index in [0.717, 1.165) is 0 Å². The van der Waals surface area contributed by atoms with Crippen molar-refractivity contribution in [2.24, 2.45) is 5.92 Å². The van der Waals surface area contributed by atoms with Crippen molar-refractivity contribution < 1.29 is 29.1 Å². The molecule has 0 aliphatic carbocycles. The Morgan fingerprint density at radius 3 is 2.38 bits per heavy atom. The quantitative estimate of drug-likeness (QED) is 0.374. The molecular weight excluding hydrogens is 382 g/mol. The van der Waals surface area contributed by atoms with Crippen molar-refractivity contribution in [3.05, 3.63) is 54.6 Å². The fourth-order valence-electron chi connectivity index (χ4n) is 2.56. The van der Waals surface area contributed by atoms with Crippen molar-refractivity contribution in [2.45, 2.75) is 0 Å². The van der Waals surface area contributed by atoms with Crippen LogP contribution in [0.4, 0.5) is 21.0 Å². The van der Waals surface area contributed by atoms with Gasteiger partial charge in [0, 0.05) is 11.8 Å². The maximum atomic E-state index is 12.6. The van der Waals surface area contributed by atoms with E-state index < -0.39 is 35.7 Å². The first-order valence-electron chi connectivity index (χ1n) is 8.26. The van der Waals surface area contributed by atoms with E-state index in [1.54, 1.807) is 18.2 Å². The molecule has 2 aromatic rings. The molecule has 0 bridgehead atoms. The Hall–Kier alpha value is -4.41. The standard InChI is InChI=1S/C18H15N5O6/c24-12-8-4-5-10(9-12)19-17(28)22-21-15(26)13-14(25)20-18(29)23(16(13)27)11-6-2-1-3-7-11/h1-9,13,24H,(H,21,26)(H2,19,22,28)(H,20,25,29). The second kappa shape index (κ2) is 8.08. The van der Waals surface area contributed by atoms with Crippen LogP contribution in [-0.2, 0) is 14.4 Å². The number of carbonyl (C=O) groups excluding carboxylic acids is 5. The van der Waals surface area contributed by atoms with Crippen molar-refractivity contribution in [3.8, 4) is 5.75 Å². The summed E-state index contributed by atoms with van der Waals surface area (Å²) in [7, 11) is 0. The van der Waals surface area contributed by atoms with E-state index in [9.17, 15) is 29.1 Å². The Morgan fingerprint density at radius 1 is 0.966 bits per heavy atom. The highest BCUT2D eigenvalue weighted by Crippen LogP contribution is 2.20. The summed E-state index contributed by atoms with van der Waals surface area (Å²) in [5, 5.41) is 13.6. The predicted octanol–water partition coefficient (Wildman–Crippen LogP) is 0.444. The fraction of sp³-hybridized carbons (Fsp3) is 0.0556. The number of phenols is 1. The third kappa shape index (κ3) is 4.30. The van der Waals surface area contributed by atoms with Crippen molar-refractivity contribution in [1.82, 2.24) is 16.2 Å². The first-order valence-corrected chi connectivity index (χ1v) is 8.26. The molecule has 0 radical (unpaired) electrons. The van der Waals surface area contributed by atoms with Gasteiger partial charge in [-0.3, -0.25) is 25.1 Å². The number of hydrazine groups is 1. The van der Waals surface area contributed by atoms with E-state index in [2.05, 4.69) is 5.32 Å². The van der Waals surface area contributed by atoms with Crippen LogP contribution >= 0.6 is 0 Å². The molecule has 1 heterocycles. The number of amides is 7. The monoisotopic (exact) mass is 397 g/mol. The molecule has 148 valence electrons. The maximum Gasteiger partial charge on any atom is 0.337 e. The van der Waals surface area contributed by atoms with Gasteiger partial charge in [-0.15, -0.1) is 0 Å². The lowest BCUT2D eigenvalue weighted by atomic mass is 10.0. The van der Waals surface area contributed by atoms with Gasteiger partial charge < -0.3 is 10.4 Å². The fourth-order valence-corrected chi connectivity index (χ4v) is 2.56. The van der Waals surface area contributed by atoms with Crippen LogP contribution in [0.5, 0.6) is 5.75 Å². The summed E-state index contributed by atoms with van der Waals surface area (Å²) in [6.07, 6.45) is 0. The highest BCUT2D eigenvalue weighted by atomic mass is 16.3. The molecule has 5 N–H and O–H groups in total. The molecule has 1 atom stereocenters. The molecule has 1 aliphatic rings. The van der Waals surface area contributed by atoms with E-state index in [1.807, 2.05) is 16.2 Å². The zero-order valence-corrected chi connectivity index (χ0v) is 14.7. The number of nitrogens with one attached hydrogen (secondary N) is 4. The van der Waals surface area contributed by atoms with Crippen LogP contribution in [0.1, 0.15) is 0 Å². The number of barbiturate groups is 1. The Kier molecular flexibility index (Phi) is 5.39. The minimum atomic E-state index is -1.88. The first kappa shape index (κ1) is 19.4. The van der Waals surface area contributed by atoms with Gasteiger partial charge in [0.15, 0.2) is 5.92 Å². The molecule has 1 fully saturated rings. The van der Waals surface area contributed by atoms with Crippen LogP contribution in [0.15, 0.2) is 54.6 Å². The van der Waals surface area contributed by atoms with E-state index >= 15 is 0 Å². The molecule has 3 rings (SSSR count). The van der Waals surface area contributed by atoms with Crippen LogP contribution in [0.3, 0.4) is 0 Å². The molecule has 11 heteroatoms. The van der Waals surface area contributed by atoms with Crippen molar-refractivity contribution in [2.75, 3.05) is 10.2 Å². The molecule has 0 saturated carbocycles. The second-order valence-corrected chi connectivity index (χ2v) is 5.86. The molecule has 1 unspecified atom stereocenters. The van der Waals surface area contributed by atoms with Crippen molar-refractivity contribution in [1.29, 1.82) is 0 Å². The van der Waals surface area contributed by atoms with Gasteiger partial charge in [-0.1, -0.05) is 24.3 Å². The lowest BCUT2D eigenvalue weighted by Gasteiger charge is -2.29. The first-order chi connectivity index (χ1) is 13.9. The molecule has 11 nitrogen and oxygen atoms in total. The van der Waals surface area contributed by atoms with Crippen LogP contribution in [0.2, 0.25) is 0 Å². The number of urea groups is 2. The molecule has 0 aromatic heterocycles.